The second-order valence-corrected chi connectivity index (χ2v) is 10.1. The van der Waals surface area contributed by atoms with E-state index in [2.05, 4.69) is 10.4 Å². The largest absolute Gasteiger partial charge is 0.342 e. The Balaban J connectivity index is 1.95. The number of allylic oxidation sites excluding steroid dienone is 2. The molecule has 4 rings (SSSR count). The Morgan fingerprint density at radius 3 is 2.43 bits per heavy atom. The van der Waals surface area contributed by atoms with E-state index in [1.807, 2.05) is 0 Å². The molecule has 1 atom stereocenters. The Labute approximate surface area is 179 Å². The lowest BCUT2D eigenvalue weighted by molar-refractivity contribution is 0.473. The quantitative estimate of drug-likeness (QED) is 0.711. The highest BCUT2D eigenvalue weighted by Gasteiger charge is 2.41. The van der Waals surface area contributed by atoms with E-state index in [4.69, 9.17) is 34.8 Å². The third-order valence-corrected chi connectivity index (χ3v) is 8.44. The van der Waals surface area contributed by atoms with Gasteiger partial charge in [-0.1, -0.05) is 40.9 Å². The van der Waals surface area contributed by atoms with Crippen LogP contribution in [0.2, 0.25) is 15.1 Å². The number of hydrogen-bond donors (Lipinski definition) is 1. The molecule has 1 aromatic carbocycles. The van der Waals surface area contributed by atoms with E-state index in [0.717, 1.165) is 12.8 Å². The van der Waals surface area contributed by atoms with E-state index in [1.54, 1.807) is 36.7 Å². The smallest absolute Gasteiger partial charge is 0.243 e. The number of nitrogens with zero attached hydrogens (tertiary/aromatic N) is 3. The summed E-state index contributed by atoms with van der Waals surface area (Å²) in [6.07, 6.45) is 1.71. The molecular weight excluding hydrogens is 443 g/mol. The van der Waals surface area contributed by atoms with Crippen molar-refractivity contribution < 1.29 is 8.42 Å². The SMILES string of the molecule is CC1=C(S(=O)(=O)N2CCCC2)C(c2ccc(Cl)c(Cl)c2)n2nc(C)c(Cl)c2N1. The van der Waals surface area contributed by atoms with Gasteiger partial charge in [0.1, 0.15) is 21.8 Å². The predicted octanol–water partition coefficient (Wildman–Crippen LogP) is 4.82. The molecule has 1 unspecified atom stereocenters. The maximum atomic E-state index is 13.5. The maximum Gasteiger partial charge on any atom is 0.243 e. The first kappa shape index (κ1) is 20.0. The number of fused-ring (bicyclic) bond motifs is 1. The molecule has 0 spiro atoms. The molecule has 28 heavy (non-hydrogen) atoms. The predicted molar refractivity (Wildman–Crippen MR) is 113 cm³/mol. The van der Waals surface area contributed by atoms with Crippen molar-refractivity contribution >= 4 is 50.6 Å². The normalized spacial score (nSPS) is 20.4. The molecule has 1 fully saturated rings. The Hall–Kier alpha value is -1.25. The number of aromatic nitrogens is 2. The molecule has 1 aromatic heterocycles. The third kappa shape index (κ3) is 3.13. The highest BCUT2D eigenvalue weighted by atomic mass is 35.5. The van der Waals surface area contributed by atoms with Crippen molar-refractivity contribution in [1.29, 1.82) is 0 Å². The lowest BCUT2D eigenvalue weighted by atomic mass is 10.0. The number of halogens is 3. The summed E-state index contributed by atoms with van der Waals surface area (Å²) in [6, 6.07) is 4.42. The molecule has 0 saturated carbocycles. The van der Waals surface area contributed by atoms with Crippen LogP contribution in [0, 0.1) is 6.92 Å². The summed E-state index contributed by atoms with van der Waals surface area (Å²) in [7, 11) is -3.71. The Morgan fingerprint density at radius 1 is 1.11 bits per heavy atom. The monoisotopic (exact) mass is 460 g/mol. The van der Waals surface area contributed by atoms with Gasteiger partial charge < -0.3 is 5.32 Å². The topological polar surface area (TPSA) is 67.2 Å². The molecule has 3 heterocycles. The van der Waals surface area contributed by atoms with Gasteiger partial charge >= 0.3 is 0 Å². The molecule has 1 saturated heterocycles. The number of aryl methyl sites for hydroxylation is 1. The zero-order valence-corrected chi connectivity index (χ0v) is 18.4. The van der Waals surface area contributed by atoms with Crippen LogP contribution in [0.3, 0.4) is 0 Å². The summed E-state index contributed by atoms with van der Waals surface area (Å²) in [5.41, 5.74) is 1.81. The summed E-state index contributed by atoms with van der Waals surface area (Å²) in [5.74, 6) is 0.563. The van der Waals surface area contributed by atoms with E-state index in [9.17, 15) is 8.42 Å². The van der Waals surface area contributed by atoms with Crippen molar-refractivity contribution in [2.45, 2.75) is 32.7 Å². The van der Waals surface area contributed by atoms with Crippen molar-refractivity contribution in [3.05, 3.63) is 55.1 Å². The van der Waals surface area contributed by atoms with Crippen molar-refractivity contribution in [2.24, 2.45) is 0 Å². The van der Waals surface area contributed by atoms with Gasteiger partial charge in [0.2, 0.25) is 10.0 Å². The van der Waals surface area contributed by atoms with Crippen LogP contribution in [-0.2, 0) is 10.0 Å². The zero-order chi connectivity index (χ0) is 20.2. The van der Waals surface area contributed by atoms with Crippen LogP contribution in [-0.4, -0.2) is 35.6 Å². The van der Waals surface area contributed by atoms with Gasteiger partial charge in [0.15, 0.2) is 0 Å². The molecule has 0 aliphatic carbocycles. The number of anilines is 1. The molecule has 6 nitrogen and oxygen atoms in total. The van der Waals surface area contributed by atoms with Gasteiger partial charge in [0.25, 0.3) is 0 Å². The Kier molecular flexibility index (Phi) is 5.17. The standard InChI is InChI=1S/C18H19Cl3N4O2S/c1-10-15(21)18-22-11(2)17(28(26,27)24-7-3-4-8-24)16(25(18)23-10)12-5-6-13(19)14(20)9-12/h5-6,9,16,22H,3-4,7-8H2,1-2H3. The summed E-state index contributed by atoms with van der Waals surface area (Å²) in [4.78, 5) is 0.249. The number of hydrogen-bond acceptors (Lipinski definition) is 4. The number of benzene rings is 1. The summed E-state index contributed by atoms with van der Waals surface area (Å²) in [6.45, 7) is 4.55. The molecule has 0 bridgehead atoms. The van der Waals surface area contributed by atoms with E-state index >= 15 is 0 Å². The van der Waals surface area contributed by atoms with Crippen LogP contribution in [0.4, 0.5) is 5.82 Å². The van der Waals surface area contributed by atoms with Crippen molar-refractivity contribution in [1.82, 2.24) is 14.1 Å². The molecule has 1 N–H and O–H groups in total. The molecule has 150 valence electrons. The van der Waals surface area contributed by atoms with Crippen LogP contribution in [0.5, 0.6) is 0 Å². The van der Waals surface area contributed by atoms with Gasteiger partial charge in [-0.05, 0) is 44.4 Å². The minimum atomic E-state index is -3.71. The van der Waals surface area contributed by atoms with Crippen LogP contribution < -0.4 is 5.32 Å². The molecule has 2 aliphatic heterocycles. The van der Waals surface area contributed by atoms with Crippen molar-refractivity contribution in [3.63, 3.8) is 0 Å². The fourth-order valence-electron chi connectivity index (χ4n) is 3.76. The minimum Gasteiger partial charge on any atom is -0.342 e. The zero-order valence-electron chi connectivity index (χ0n) is 15.3. The Bertz CT molecular complexity index is 1090. The average Bonchev–Trinajstić information content (AvgIpc) is 3.27. The van der Waals surface area contributed by atoms with Gasteiger partial charge in [-0.25, -0.2) is 13.1 Å². The average molecular weight is 462 g/mol. The summed E-state index contributed by atoms with van der Waals surface area (Å²) >= 11 is 18.7. The summed E-state index contributed by atoms with van der Waals surface area (Å²) < 4.78 is 30.2. The van der Waals surface area contributed by atoms with Crippen molar-refractivity contribution in [3.8, 4) is 0 Å². The van der Waals surface area contributed by atoms with Crippen LogP contribution >= 0.6 is 34.8 Å². The number of nitrogens with one attached hydrogen (secondary N) is 1. The highest BCUT2D eigenvalue weighted by molar-refractivity contribution is 7.93. The number of sulfonamides is 1. The molecular formula is C18H19Cl3N4O2S. The van der Waals surface area contributed by atoms with E-state index < -0.39 is 16.1 Å². The lowest BCUT2D eigenvalue weighted by Gasteiger charge is -2.32. The van der Waals surface area contributed by atoms with Crippen molar-refractivity contribution in [2.75, 3.05) is 18.4 Å². The van der Waals surface area contributed by atoms with Crippen LogP contribution in [0.15, 0.2) is 28.8 Å². The first-order valence-corrected chi connectivity index (χ1v) is 11.5. The van der Waals surface area contributed by atoms with Crippen LogP contribution in [0.1, 0.15) is 37.1 Å². The minimum absolute atomic E-state index is 0.249. The second-order valence-electron chi connectivity index (χ2n) is 6.99. The summed E-state index contributed by atoms with van der Waals surface area (Å²) in [5, 5.41) is 8.87. The third-order valence-electron chi connectivity index (χ3n) is 5.12. The van der Waals surface area contributed by atoms with Crippen LogP contribution in [0.25, 0.3) is 0 Å². The molecule has 0 amide bonds. The highest BCUT2D eigenvalue weighted by Crippen LogP contribution is 2.44. The van der Waals surface area contributed by atoms with E-state index in [-0.39, 0.29) is 4.91 Å². The lowest BCUT2D eigenvalue weighted by Crippen LogP contribution is -2.36. The van der Waals surface area contributed by atoms with Gasteiger partial charge in [-0.3, -0.25) is 0 Å². The fraction of sp³-hybridized carbons (Fsp3) is 0.389. The molecule has 0 radical (unpaired) electrons. The molecule has 10 heteroatoms. The van der Waals surface area contributed by atoms with Gasteiger partial charge in [-0.15, -0.1) is 0 Å². The fourth-order valence-corrected chi connectivity index (χ4v) is 6.21. The first-order chi connectivity index (χ1) is 13.2. The van der Waals surface area contributed by atoms with E-state index in [0.29, 0.717) is 50.9 Å². The van der Waals surface area contributed by atoms with Gasteiger partial charge in [-0.2, -0.15) is 9.40 Å². The first-order valence-electron chi connectivity index (χ1n) is 8.89. The molecule has 2 aromatic rings. The van der Waals surface area contributed by atoms with E-state index in [1.165, 1.54) is 4.31 Å². The second kappa shape index (κ2) is 7.22. The molecule has 2 aliphatic rings. The Morgan fingerprint density at radius 2 is 1.79 bits per heavy atom. The maximum absolute atomic E-state index is 13.5. The van der Waals surface area contributed by atoms with Gasteiger partial charge in [0, 0.05) is 18.8 Å². The van der Waals surface area contributed by atoms with Gasteiger partial charge in [0.05, 0.1) is 15.7 Å². The number of rotatable bonds is 3.